The second kappa shape index (κ2) is 17.1. The van der Waals surface area contributed by atoms with Crippen molar-refractivity contribution in [2.45, 2.75) is 110 Å². The van der Waals surface area contributed by atoms with E-state index >= 15 is 0 Å². The quantitative estimate of drug-likeness (QED) is 0.278. The summed E-state index contributed by atoms with van der Waals surface area (Å²) in [6.07, 6.45) is 19.8. The highest BCUT2D eigenvalue weighted by molar-refractivity contribution is 6.04. The van der Waals surface area contributed by atoms with Crippen LogP contribution in [0.4, 0.5) is 0 Å². The Hall–Kier alpha value is -1.84. The first kappa shape index (κ1) is 25.2. The maximum Gasteiger partial charge on any atom is 0.257 e. The van der Waals surface area contributed by atoms with Crippen molar-refractivity contribution in [3.8, 4) is 5.75 Å². The second-order valence-corrected chi connectivity index (χ2v) is 8.12. The van der Waals surface area contributed by atoms with Crippen LogP contribution < -0.4 is 5.32 Å². The fourth-order valence-corrected chi connectivity index (χ4v) is 3.53. The Labute approximate surface area is 177 Å². The summed E-state index contributed by atoms with van der Waals surface area (Å²) >= 11 is 0. The number of unbranched alkanes of at least 4 members (excludes halogenated alkanes) is 14. The summed E-state index contributed by atoms with van der Waals surface area (Å²) < 4.78 is 0. The monoisotopic (exact) mass is 403 g/mol. The van der Waals surface area contributed by atoms with Crippen LogP contribution in [0, 0.1) is 0 Å². The van der Waals surface area contributed by atoms with Crippen molar-refractivity contribution < 1.29 is 14.7 Å². The fraction of sp³-hybridized carbons (Fsp3) is 0.680. The molecule has 0 aliphatic rings. The summed E-state index contributed by atoms with van der Waals surface area (Å²) in [7, 11) is 0. The molecule has 1 rings (SSSR count). The highest BCUT2D eigenvalue weighted by Crippen LogP contribution is 2.14. The highest BCUT2D eigenvalue weighted by atomic mass is 16.3. The van der Waals surface area contributed by atoms with Gasteiger partial charge in [-0.05, 0) is 30.7 Å². The maximum absolute atomic E-state index is 11.9. The van der Waals surface area contributed by atoms with Crippen LogP contribution in [0.15, 0.2) is 24.3 Å². The molecule has 4 nitrogen and oxygen atoms in total. The number of phenols is 1. The predicted octanol–water partition coefficient (Wildman–Crippen LogP) is 6.91. The van der Waals surface area contributed by atoms with E-state index in [0.717, 1.165) is 19.3 Å². The van der Waals surface area contributed by atoms with Gasteiger partial charge < -0.3 is 5.11 Å². The number of carbonyl (C=O) groups excluding carboxylic acids is 2. The molecule has 0 saturated carbocycles. The van der Waals surface area contributed by atoms with E-state index in [1.54, 1.807) is 0 Å². The van der Waals surface area contributed by atoms with E-state index in [1.807, 2.05) is 0 Å². The van der Waals surface area contributed by atoms with Crippen LogP contribution in [0.3, 0.4) is 0 Å². The average molecular weight is 404 g/mol. The number of rotatable bonds is 17. The van der Waals surface area contributed by atoms with Crippen molar-refractivity contribution in [2.24, 2.45) is 0 Å². The van der Waals surface area contributed by atoms with Crippen molar-refractivity contribution in [1.82, 2.24) is 5.32 Å². The van der Waals surface area contributed by atoms with Crippen molar-refractivity contribution in [2.75, 3.05) is 0 Å². The Morgan fingerprint density at radius 1 is 0.690 bits per heavy atom. The molecule has 0 unspecified atom stereocenters. The van der Waals surface area contributed by atoms with E-state index in [2.05, 4.69) is 12.2 Å². The van der Waals surface area contributed by atoms with Gasteiger partial charge >= 0.3 is 0 Å². The van der Waals surface area contributed by atoms with Gasteiger partial charge in [-0.2, -0.15) is 0 Å². The molecule has 0 radical (unpaired) electrons. The minimum absolute atomic E-state index is 0.102. The Bertz CT molecular complexity index is 554. The Balaban J connectivity index is 1.87. The summed E-state index contributed by atoms with van der Waals surface area (Å²) in [5, 5.41) is 11.6. The standard InChI is InChI=1S/C25H41NO3/c1-2-3-4-5-6-7-8-9-10-11-12-13-14-15-16-17-24(28)26-25(29)22-18-20-23(27)21-19-22/h18-21,27H,2-17H2,1H3,(H,26,28,29). The number of hydrogen-bond donors (Lipinski definition) is 2. The average Bonchev–Trinajstić information content (AvgIpc) is 2.71. The molecule has 1 aromatic carbocycles. The highest BCUT2D eigenvalue weighted by Gasteiger charge is 2.09. The number of amides is 2. The van der Waals surface area contributed by atoms with Crippen LogP contribution in [0.5, 0.6) is 5.75 Å². The number of hydrogen-bond acceptors (Lipinski definition) is 3. The number of nitrogens with one attached hydrogen (secondary N) is 1. The molecular weight excluding hydrogens is 362 g/mol. The molecule has 0 bridgehead atoms. The predicted molar refractivity (Wildman–Crippen MR) is 120 cm³/mol. The first-order valence-corrected chi connectivity index (χ1v) is 11.8. The van der Waals surface area contributed by atoms with Crippen molar-refractivity contribution in [1.29, 1.82) is 0 Å². The van der Waals surface area contributed by atoms with Crippen molar-refractivity contribution in [3.63, 3.8) is 0 Å². The molecule has 0 spiro atoms. The molecule has 2 amide bonds. The third-order valence-electron chi connectivity index (χ3n) is 5.39. The molecule has 4 heteroatoms. The first-order chi connectivity index (χ1) is 14.1. The lowest BCUT2D eigenvalue weighted by atomic mass is 10.0. The third kappa shape index (κ3) is 13.9. The summed E-state index contributed by atoms with van der Waals surface area (Å²) in [6.45, 7) is 2.26. The zero-order chi connectivity index (χ0) is 21.2. The molecular formula is C25H41NO3. The summed E-state index contributed by atoms with van der Waals surface area (Å²) in [5.74, 6) is -0.528. The molecule has 1 aromatic rings. The maximum atomic E-state index is 11.9. The Morgan fingerprint density at radius 3 is 1.55 bits per heavy atom. The van der Waals surface area contributed by atoms with E-state index in [9.17, 15) is 14.7 Å². The van der Waals surface area contributed by atoms with Crippen LogP contribution in [0.1, 0.15) is 120 Å². The topological polar surface area (TPSA) is 66.4 Å². The van der Waals surface area contributed by atoms with E-state index in [1.165, 1.54) is 101 Å². The lowest BCUT2D eigenvalue weighted by Crippen LogP contribution is -2.30. The Morgan fingerprint density at radius 2 is 1.10 bits per heavy atom. The zero-order valence-electron chi connectivity index (χ0n) is 18.4. The van der Waals surface area contributed by atoms with E-state index in [4.69, 9.17) is 0 Å². The zero-order valence-corrected chi connectivity index (χ0v) is 18.4. The van der Waals surface area contributed by atoms with E-state index in [-0.39, 0.29) is 11.7 Å². The van der Waals surface area contributed by atoms with Crippen LogP contribution in [0.25, 0.3) is 0 Å². The number of carbonyl (C=O) groups is 2. The minimum Gasteiger partial charge on any atom is -0.508 e. The molecule has 0 aromatic heterocycles. The van der Waals surface area contributed by atoms with Gasteiger partial charge in [0.15, 0.2) is 0 Å². The minimum atomic E-state index is -0.407. The van der Waals surface area contributed by atoms with E-state index < -0.39 is 5.91 Å². The third-order valence-corrected chi connectivity index (χ3v) is 5.39. The van der Waals surface area contributed by atoms with Gasteiger partial charge in [-0.1, -0.05) is 96.8 Å². The summed E-state index contributed by atoms with van der Waals surface area (Å²) in [4.78, 5) is 23.8. The second-order valence-electron chi connectivity index (χ2n) is 8.12. The van der Waals surface area contributed by atoms with Crippen LogP contribution in [-0.2, 0) is 4.79 Å². The van der Waals surface area contributed by atoms with E-state index in [0.29, 0.717) is 12.0 Å². The van der Waals surface area contributed by atoms with Crippen molar-refractivity contribution in [3.05, 3.63) is 29.8 Å². The molecule has 164 valence electrons. The van der Waals surface area contributed by atoms with Crippen LogP contribution in [-0.4, -0.2) is 16.9 Å². The summed E-state index contributed by atoms with van der Waals surface area (Å²) in [6, 6.07) is 5.89. The van der Waals surface area contributed by atoms with Crippen LogP contribution in [0.2, 0.25) is 0 Å². The molecule has 2 N–H and O–H groups in total. The normalized spacial score (nSPS) is 10.8. The summed E-state index contributed by atoms with van der Waals surface area (Å²) in [5.41, 5.74) is 0.382. The fourth-order valence-electron chi connectivity index (χ4n) is 3.53. The van der Waals surface area contributed by atoms with Gasteiger partial charge in [-0.15, -0.1) is 0 Å². The van der Waals surface area contributed by atoms with Crippen LogP contribution >= 0.6 is 0 Å². The van der Waals surface area contributed by atoms with Gasteiger partial charge in [0.05, 0.1) is 0 Å². The molecule has 0 heterocycles. The Kier molecular flexibility index (Phi) is 14.8. The van der Waals surface area contributed by atoms with Gasteiger partial charge in [0.2, 0.25) is 5.91 Å². The lowest BCUT2D eigenvalue weighted by molar-refractivity contribution is -0.120. The molecule has 0 aliphatic carbocycles. The largest absolute Gasteiger partial charge is 0.508 e. The number of phenolic OH excluding ortho intramolecular Hbond substituents is 1. The molecule has 0 atom stereocenters. The smallest absolute Gasteiger partial charge is 0.257 e. The SMILES string of the molecule is CCCCCCCCCCCCCCCCCC(=O)NC(=O)c1ccc(O)cc1. The number of imide groups is 1. The van der Waals surface area contributed by atoms with Gasteiger partial charge in [-0.25, -0.2) is 0 Å². The molecule has 29 heavy (non-hydrogen) atoms. The number of aromatic hydroxyl groups is 1. The van der Waals surface area contributed by atoms with Gasteiger partial charge in [0.25, 0.3) is 5.91 Å². The first-order valence-electron chi connectivity index (χ1n) is 11.8. The van der Waals surface area contributed by atoms with Gasteiger partial charge in [0.1, 0.15) is 5.75 Å². The molecule has 0 saturated heterocycles. The molecule has 0 fully saturated rings. The molecule has 0 aliphatic heterocycles. The van der Waals surface area contributed by atoms with Gasteiger partial charge in [-0.3, -0.25) is 14.9 Å². The van der Waals surface area contributed by atoms with Crippen molar-refractivity contribution >= 4 is 11.8 Å². The lowest BCUT2D eigenvalue weighted by Gasteiger charge is -2.05. The number of benzene rings is 1. The van der Waals surface area contributed by atoms with Gasteiger partial charge in [0, 0.05) is 12.0 Å².